The van der Waals surface area contributed by atoms with E-state index in [9.17, 15) is 4.79 Å². The van der Waals surface area contributed by atoms with Crippen molar-refractivity contribution in [3.8, 4) is 11.5 Å². The van der Waals surface area contributed by atoms with Crippen LogP contribution in [-0.2, 0) is 4.79 Å². The maximum Gasteiger partial charge on any atom is 0.279 e. The van der Waals surface area contributed by atoms with E-state index < -0.39 is 12.0 Å². The molecule has 2 aromatic rings. The number of hydrazine groups is 1. The van der Waals surface area contributed by atoms with E-state index in [1.165, 1.54) is 6.07 Å². The highest BCUT2D eigenvalue weighted by molar-refractivity contribution is 7.80. The summed E-state index contributed by atoms with van der Waals surface area (Å²) in [6.07, 6.45) is -0.801. The molecule has 26 heavy (non-hydrogen) atoms. The zero-order chi connectivity index (χ0) is 19.1. The fourth-order valence-corrected chi connectivity index (χ4v) is 2.49. The maximum absolute atomic E-state index is 12.1. The van der Waals surface area contributed by atoms with Gasteiger partial charge in [-0.2, -0.15) is 0 Å². The molecule has 0 aliphatic heterocycles. The van der Waals surface area contributed by atoms with Crippen LogP contribution in [0.15, 0.2) is 42.5 Å². The number of methoxy groups -OCH3 is 1. The smallest absolute Gasteiger partial charge is 0.279 e. The third-order valence-electron chi connectivity index (χ3n) is 3.21. The lowest BCUT2D eigenvalue weighted by Crippen LogP contribution is -2.48. The van der Waals surface area contributed by atoms with E-state index in [0.717, 1.165) is 11.4 Å². The monoisotopic (exact) mass is 413 g/mol. The summed E-state index contributed by atoms with van der Waals surface area (Å²) in [6.45, 7) is 1.59. The third kappa shape index (κ3) is 5.94. The number of carbonyl (C=O) groups excluding carboxylic acids is 1. The molecule has 0 radical (unpaired) electrons. The fourth-order valence-electron chi connectivity index (χ4n) is 1.87. The van der Waals surface area contributed by atoms with Gasteiger partial charge < -0.3 is 14.8 Å². The van der Waals surface area contributed by atoms with Gasteiger partial charge in [0.05, 0.1) is 12.1 Å². The first-order valence-electron chi connectivity index (χ1n) is 7.51. The lowest BCUT2D eigenvalue weighted by Gasteiger charge is -2.17. The van der Waals surface area contributed by atoms with Crippen LogP contribution in [0.4, 0.5) is 5.69 Å². The van der Waals surface area contributed by atoms with E-state index in [0.29, 0.717) is 15.8 Å². The van der Waals surface area contributed by atoms with Gasteiger partial charge in [0.1, 0.15) is 11.5 Å². The first kappa shape index (κ1) is 20.1. The molecule has 0 fully saturated rings. The topological polar surface area (TPSA) is 71.6 Å². The van der Waals surface area contributed by atoms with E-state index in [2.05, 4.69) is 16.2 Å². The van der Waals surface area contributed by atoms with Crippen LogP contribution in [0.25, 0.3) is 0 Å². The molecular formula is C17H17Cl2N3O3S. The van der Waals surface area contributed by atoms with Crippen molar-refractivity contribution in [3.63, 3.8) is 0 Å². The summed E-state index contributed by atoms with van der Waals surface area (Å²) in [4.78, 5) is 12.1. The Labute approximate surface area is 166 Å². The molecule has 3 N–H and O–H groups in total. The average Bonchev–Trinajstić information content (AvgIpc) is 2.62. The molecule has 1 amide bonds. The Bertz CT molecular complexity index is 787. The molecule has 0 aliphatic carbocycles. The Hall–Kier alpha value is -2.22. The number of amides is 1. The molecule has 0 bridgehead atoms. The Morgan fingerprint density at radius 3 is 2.42 bits per heavy atom. The summed E-state index contributed by atoms with van der Waals surface area (Å²) < 4.78 is 10.6. The minimum atomic E-state index is -0.801. The molecule has 0 aliphatic rings. The van der Waals surface area contributed by atoms with Gasteiger partial charge in [-0.15, -0.1) is 0 Å². The van der Waals surface area contributed by atoms with E-state index in [-0.39, 0.29) is 5.11 Å². The standard InChI is InChI=1S/C17H17Cl2N3O3S/c1-10(25-15-8-3-11(18)9-14(15)19)16(23)21-22-17(26)20-12-4-6-13(24-2)7-5-12/h3-10H,1-2H3,(H,21,23)(H2,20,22,26)/t10-/m0/s1. The molecule has 0 saturated carbocycles. The summed E-state index contributed by atoms with van der Waals surface area (Å²) in [5.74, 6) is 0.669. The highest BCUT2D eigenvalue weighted by Gasteiger charge is 2.16. The molecule has 2 aromatic carbocycles. The highest BCUT2D eigenvalue weighted by atomic mass is 35.5. The Balaban J connectivity index is 1.81. The Morgan fingerprint density at radius 1 is 1.12 bits per heavy atom. The number of anilines is 1. The molecule has 9 heteroatoms. The van der Waals surface area contributed by atoms with Gasteiger partial charge in [-0.1, -0.05) is 23.2 Å². The number of ether oxygens (including phenoxy) is 2. The molecule has 138 valence electrons. The summed E-state index contributed by atoms with van der Waals surface area (Å²) in [5, 5.41) is 3.95. The van der Waals surface area contributed by atoms with Crippen LogP contribution in [0.3, 0.4) is 0 Å². The van der Waals surface area contributed by atoms with Crippen molar-refractivity contribution in [2.45, 2.75) is 13.0 Å². The number of halogens is 2. The number of hydrogen-bond donors (Lipinski definition) is 3. The van der Waals surface area contributed by atoms with Crippen molar-refractivity contribution in [2.75, 3.05) is 12.4 Å². The van der Waals surface area contributed by atoms with E-state index >= 15 is 0 Å². The van der Waals surface area contributed by atoms with Crippen LogP contribution < -0.4 is 25.6 Å². The first-order valence-corrected chi connectivity index (χ1v) is 8.68. The van der Waals surface area contributed by atoms with Gasteiger partial charge in [-0.25, -0.2) is 0 Å². The van der Waals surface area contributed by atoms with Crippen molar-refractivity contribution in [1.29, 1.82) is 0 Å². The summed E-state index contributed by atoms with van der Waals surface area (Å²) >= 11 is 17.0. The molecule has 0 spiro atoms. The quantitative estimate of drug-likeness (QED) is 0.511. The predicted molar refractivity (Wildman–Crippen MR) is 107 cm³/mol. The van der Waals surface area contributed by atoms with Gasteiger partial charge in [-0.3, -0.25) is 15.6 Å². The van der Waals surface area contributed by atoms with Crippen molar-refractivity contribution >= 4 is 52.1 Å². The number of thiocarbonyl (C=S) groups is 1. The molecule has 6 nitrogen and oxygen atoms in total. The van der Waals surface area contributed by atoms with Gasteiger partial charge in [0.15, 0.2) is 11.2 Å². The number of nitrogens with one attached hydrogen (secondary N) is 3. The van der Waals surface area contributed by atoms with Gasteiger partial charge in [0.25, 0.3) is 5.91 Å². The van der Waals surface area contributed by atoms with Gasteiger partial charge in [-0.05, 0) is 61.6 Å². The SMILES string of the molecule is COc1ccc(NC(=S)NNC(=O)[C@H](C)Oc2ccc(Cl)cc2Cl)cc1. The summed E-state index contributed by atoms with van der Waals surface area (Å²) in [6, 6.07) is 11.9. The number of benzene rings is 2. The molecule has 1 atom stereocenters. The molecular weight excluding hydrogens is 397 g/mol. The van der Waals surface area contributed by atoms with Crippen molar-refractivity contribution in [3.05, 3.63) is 52.5 Å². The van der Waals surface area contributed by atoms with Crippen LogP contribution in [0.1, 0.15) is 6.92 Å². The van der Waals surface area contributed by atoms with Gasteiger partial charge in [0.2, 0.25) is 0 Å². The van der Waals surface area contributed by atoms with Crippen LogP contribution in [0.5, 0.6) is 11.5 Å². The molecule has 2 rings (SSSR count). The number of rotatable bonds is 5. The minimum absolute atomic E-state index is 0.222. The summed E-state index contributed by atoms with van der Waals surface area (Å²) in [5.41, 5.74) is 5.82. The van der Waals surface area contributed by atoms with Crippen LogP contribution in [0.2, 0.25) is 10.0 Å². The minimum Gasteiger partial charge on any atom is -0.497 e. The first-order chi connectivity index (χ1) is 12.4. The molecule has 0 unspecified atom stereocenters. The Morgan fingerprint density at radius 2 is 1.81 bits per heavy atom. The predicted octanol–water partition coefficient (Wildman–Crippen LogP) is 3.79. The second-order valence-electron chi connectivity index (χ2n) is 5.13. The molecule has 0 saturated heterocycles. The van der Waals surface area contributed by atoms with Crippen LogP contribution in [0, 0.1) is 0 Å². The van der Waals surface area contributed by atoms with Crippen molar-refractivity contribution < 1.29 is 14.3 Å². The second-order valence-corrected chi connectivity index (χ2v) is 6.38. The zero-order valence-corrected chi connectivity index (χ0v) is 16.3. The van der Waals surface area contributed by atoms with E-state index in [1.54, 1.807) is 50.4 Å². The average molecular weight is 414 g/mol. The molecule has 0 heterocycles. The lowest BCUT2D eigenvalue weighted by molar-refractivity contribution is -0.127. The molecule has 0 aromatic heterocycles. The third-order valence-corrected chi connectivity index (χ3v) is 3.95. The van der Waals surface area contributed by atoms with Gasteiger partial charge in [0, 0.05) is 10.7 Å². The summed E-state index contributed by atoms with van der Waals surface area (Å²) in [7, 11) is 1.59. The van der Waals surface area contributed by atoms with Crippen molar-refractivity contribution in [2.24, 2.45) is 0 Å². The van der Waals surface area contributed by atoms with Crippen molar-refractivity contribution in [1.82, 2.24) is 10.9 Å². The van der Waals surface area contributed by atoms with Crippen LogP contribution in [-0.4, -0.2) is 24.2 Å². The second kappa shape index (κ2) is 9.47. The van der Waals surface area contributed by atoms with E-state index in [4.69, 9.17) is 44.9 Å². The lowest BCUT2D eigenvalue weighted by atomic mass is 10.3. The number of hydrogen-bond acceptors (Lipinski definition) is 4. The number of carbonyl (C=O) groups is 1. The normalized spacial score (nSPS) is 11.2. The highest BCUT2D eigenvalue weighted by Crippen LogP contribution is 2.28. The zero-order valence-electron chi connectivity index (χ0n) is 14.0. The van der Waals surface area contributed by atoms with E-state index in [1.807, 2.05) is 0 Å². The Kier molecular flexibility index (Phi) is 7.32. The van der Waals surface area contributed by atoms with Crippen LogP contribution >= 0.6 is 35.4 Å². The fraction of sp³-hybridized carbons (Fsp3) is 0.176. The largest absolute Gasteiger partial charge is 0.497 e. The van der Waals surface area contributed by atoms with Gasteiger partial charge >= 0.3 is 0 Å². The maximum atomic E-state index is 12.1.